The number of carbonyl (C=O) groups is 2. The Balaban J connectivity index is 2.85. The SMILES string of the molecule is CCCOC(=O)CC(=O)c1cccc(OC)c1OC. The zero-order valence-corrected chi connectivity index (χ0v) is 11.4. The van der Waals surface area contributed by atoms with Gasteiger partial charge in [-0.05, 0) is 18.6 Å². The topological polar surface area (TPSA) is 61.8 Å². The molecule has 0 aliphatic heterocycles. The minimum atomic E-state index is -0.531. The summed E-state index contributed by atoms with van der Waals surface area (Å²) in [4.78, 5) is 23.5. The predicted octanol–water partition coefficient (Wildman–Crippen LogP) is 2.23. The summed E-state index contributed by atoms with van der Waals surface area (Å²) >= 11 is 0. The van der Waals surface area contributed by atoms with Crippen LogP contribution in [0, 0.1) is 0 Å². The van der Waals surface area contributed by atoms with Crippen LogP contribution in [0.1, 0.15) is 30.1 Å². The Bertz CT molecular complexity index is 453. The molecule has 5 heteroatoms. The number of hydrogen-bond donors (Lipinski definition) is 0. The third-order valence-electron chi connectivity index (χ3n) is 2.48. The second-order valence-electron chi connectivity index (χ2n) is 3.86. The summed E-state index contributed by atoms with van der Waals surface area (Å²) in [6.07, 6.45) is 0.423. The fraction of sp³-hybridized carbons (Fsp3) is 0.429. The van der Waals surface area contributed by atoms with Crippen LogP contribution in [0.5, 0.6) is 11.5 Å². The minimum absolute atomic E-state index is 0.302. The first-order valence-electron chi connectivity index (χ1n) is 6.03. The summed E-state index contributed by atoms with van der Waals surface area (Å²) in [7, 11) is 2.94. The summed E-state index contributed by atoms with van der Waals surface area (Å²) in [5, 5.41) is 0. The van der Waals surface area contributed by atoms with Crippen LogP contribution in [-0.2, 0) is 9.53 Å². The molecule has 0 aliphatic carbocycles. The highest BCUT2D eigenvalue weighted by Gasteiger charge is 2.19. The van der Waals surface area contributed by atoms with Crippen LogP contribution in [0.25, 0.3) is 0 Å². The van der Waals surface area contributed by atoms with E-state index >= 15 is 0 Å². The fourth-order valence-corrected chi connectivity index (χ4v) is 1.60. The lowest BCUT2D eigenvalue weighted by molar-refractivity contribution is -0.142. The molecule has 0 unspecified atom stereocenters. The van der Waals surface area contributed by atoms with E-state index < -0.39 is 5.97 Å². The van der Waals surface area contributed by atoms with Gasteiger partial charge in [-0.3, -0.25) is 9.59 Å². The van der Waals surface area contributed by atoms with Gasteiger partial charge in [0.2, 0.25) is 0 Å². The Morgan fingerprint density at radius 2 is 1.89 bits per heavy atom. The second-order valence-corrected chi connectivity index (χ2v) is 3.86. The molecule has 0 heterocycles. The van der Waals surface area contributed by atoms with Crippen molar-refractivity contribution < 1.29 is 23.8 Å². The van der Waals surface area contributed by atoms with Crippen molar-refractivity contribution in [2.24, 2.45) is 0 Å². The molecule has 19 heavy (non-hydrogen) atoms. The Hall–Kier alpha value is -2.04. The highest BCUT2D eigenvalue weighted by molar-refractivity contribution is 6.08. The predicted molar refractivity (Wildman–Crippen MR) is 69.7 cm³/mol. The number of para-hydroxylation sites is 1. The van der Waals surface area contributed by atoms with Crippen LogP contribution in [0.4, 0.5) is 0 Å². The van der Waals surface area contributed by atoms with E-state index in [4.69, 9.17) is 14.2 Å². The van der Waals surface area contributed by atoms with Crippen LogP contribution >= 0.6 is 0 Å². The van der Waals surface area contributed by atoms with E-state index in [1.165, 1.54) is 14.2 Å². The average molecular weight is 266 g/mol. The number of benzene rings is 1. The van der Waals surface area contributed by atoms with E-state index in [1.54, 1.807) is 18.2 Å². The first kappa shape index (κ1) is 15.0. The van der Waals surface area contributed by atoms with Gasteiger partial charge in [-0.25, -0.2) is 0 Å². The Morgan fingerprint density at radius 1 is 1.16 bits per heavy atom. The number of carbonyl (C=O) groups excluding carboxylic acids is 2. The molecule has 5 nitrogen and oxygen atoms in total. The number of hydrogen-bond acceptors (Lipinski definition) is 5. The van der Waals surface area contributed by atoms with Crippen molar-refractivity contribution in [3.63, 3.8) is 0 Å². The van der Waals surface area contributed by atoms with Gasteiger partial charge in [-0.1, -0.05) is 13.0 Å². The van der Waals surface area contributed by atoms with E-state index in [1.807, 2.05) is 6.92 Å². The van der Waals surface area contributed by atoms with Crippen LogP contribution in [0.15, 0.2) is 18.2 Å². The molecule has 0 radical (unpaired) electrons. The van der Waals surface area contributed by atoms with Crippen molar-refractivity contribution in [1.29, 1.82) is 0 Å². The standard InChI is InChI=1S/C14H18O5/c1-4-8-19-13(16)9-11(15)10-6-5-7-12(17-2)14(10)18-3/h5-7H,4,8-9H2,1-3H3. The summed E-state index contributed by atoms with van der Waals surface area (Å²) < 4.78 is 15.1. The van der Waals surface area contributed by atoms with Gasteiger partial charge in [0.15, 0.2) is 17.3 Å². The molecule has 0 aliphatic rings. The Kier molecular flexibility index (Phi) is 5.85. The number of rotatable bonds is 7. The number of methoxy groups -OCH3 is 2. The third-order valence-corrected chi connectivity index (χ3v) is 2.48. The van der Waals surface area contributed by atoms with Gasteiger partial charge in [0.1, 0.15) is 6.42 Å². The van der Waals surface area contributed by atoms with Crippen molar-refractivity contribution in [2.45, 2.75) is 19.8 Å². The lowest BCUT2D eigenvalue weighted by atomic mass is 10.1. The van der Waals surface area contributed by atoms with E-state index in [9.17, 15) is 9.59 Å². The fourth-order valence-electron chi connectivity index (χ4n) is 1.60. The minimum Gasteiger partial charge on any atom is -0.493 e. The number of esters is 1. The van der Waals surface area contributed by atoms with Crippen molar-refractivity contribution >= 4 is 11.8 Å². The highest BCUT2D eigenvalue weighted by Crippen LogP contribution is 2.31. The maximum Gasteiger partial charge on any atom is 0.313 e. The maximum absolute atomic E-state index is 12.0. The molecule has 0 fully saturated rings. The molecule has 1 aromatic rings. The Labute approximate surface area is 112 Å². The maximum atomic E-state index is 12.0. The van der Waals surface area contributed by atoms with Crippen molar-refractivity contribution in [3.8, 4) is 11.5 Å². The first-order valence-corrected chi connectivity index (χ1v) is 6.03. The van der Waals surface area contributed by atoms with Crippen LogP contribution in [0.3, 0.4) is 0 Å². The molecule has 1 rings (SSSR count). The summed E-state index contributed by atoms with van der Waals surface area (Å²) in [6.45, 7) is 2.21. The molecular formula is C14H18O5. The largest absolute Gasteiger partial charge is 0.493 e. The van der Waals surface area contributed by atoms with Gasteiger partial charge < -0.3 is 14.2 Å². The summed E-state index contributed by atoms with van der Waals surface area (Å²) in [6, 6.07) is 4.95. The zero-order chi connectivity index (χ0) is 14.3. The van der Waals surface area contributed by atoms with Crippen LogP contribution in [0.2, 0.25) is 0 Å². The molecule has 0 atom stereocenters. The van der Waals surface area contributed by atoms with Crippen LogP contribution in [-0.4, -0.2) is 32.6 Å². The number of ether oxygens (including phenoxy) is 3. The smallest absolute Gasteiger partial charge is 0.313 e. The Morgan fingerprint density at radius 3 is 2.47 bits per heavy atom. The van der Waals surface area contributed by atoms with Crippen molar-refractivity contribution in [1.82, 2.24) is 0 Å². The molecule has 0 amide bonds. The van der Waals surface area contributed by atoms with Gasteiger partial charge in [0.25, 0.3) is 0 Å². The van der Waals surface area contributed by atoms with E-state index in [-0.39, 0.29) is 12.2 Å². The van der Waals surface area contributed by atoms with Crippen LogP contribution < -0.4 is 9.47 Å². The second kappa shape index (κ2) is 7.41. The molecule has 0 spiro atoms. The van der Waals surface area contributed by atoms with Gasteiger partial charge in [0.05, 0.1) is 26.4 Å². The molecule has 0 N–H and O–H groups in total. The molecule has 0 saturated carbocycles. The van der Waals surface area contributed by atoms with Gasteiger partial charge in [-0.15, -0.1) is 0 Å². The lowest BCUT2D eigenvalue weighted by Gasteiger charge is -2.11. The van der Waals surface area contributed by atoms with E-state index in [0.29, 0.717) is 23.7 Å². The number of ketones is 1. The molecule has 0 bridgehead atoms. The lowest BCUT2D eigenvalue weighted by Crippen LogP contribution is -2.13. The third kappa shape index (κ3) is 3.98. The highest BCUT2D eigenvalue weighted by atomic mass is 16.5. The first-order chi connectivity index (χ1) is 9.13. The molecular weight excluding hydrogens is 248 g/mol. The average Bonchev–Trinajstić information content (AvgIpc) is 2.43. The zero-order valence-electron chi connectivity index (χ0n) is 11.4. The normalized spacial score (nSPS) is 9.84. The molecule has 0 saturated heterocycles. The summed E-state index contributed by atoms with van der Waals surface area (Å²) in [5.41, 5.74) is 0.315. The van der Waals surface area contributed by atoms with Crippen molar-refractivity contribution in [3.05, 3.63) is 23.8 Å². The molecule has 104 valence electrons. The van der Waals surface area contributed by atoms with Gasteiger partial charge in [-0.2, -0.15) is 0 Å². The quantitative estimate of drug-likeness (QED) is 0.430. The van der Waals surface area contributed by atoms with Gasteiger partial charge in [0, 0.05) is 0 Å². The monoisotopic (exact) mass is 266 g/mol. The van der Waals surface area contributed by atoms with Crippen molar-refractivity contribution in [2.75, 3.05) is 20.8 Å². The van der Waals surface area contributed by atoms with Gasteiger partial charge >= 0.3 is 5.97 Å². The number of Topliss-reactive ketones (excluding diaryl/α,β-unsaturated/α-hetero) is 1. The van der Waals surface area contributed by atoms with E-state index in [2.05, 4.69) is 0 Å². The summed E-state index contributed by atoms with van der Waals surface area (Å²) in [5.74, 6) is -0.0952. The molecule has 0 aromatic heterocycles. The van der Waals surface area contributed by atoms with E-state index in [0.717, 1.165) is 6.42 Å². The molecule has 1 aromatic carbocycles.